The van der Waals surface area contributed by atoms with E-state index in [-0.39, 0.29) is 0 Å². The van der Waals surface area contributed by atoms with Gasteiger partial charge >= 0.3 is 6.01 Å². The zero-order chi connectivity index (χ0) is 13.8. The minimum absolute atomic E-state index is 0.428. The first-order valence-electron chi connectivity index (χ1n) is 7.37. The van der Waals surface area contributed by atoms with E-state index in [0.717, 1.165) is 24.9 Å². The summed E-state index contributed by atoms with van der Waals surface area (Å²) < 4.78 is 5.71. The molecule has 1 aliphatic heterocycles. The summed E-state index contributed by atoms with van der Waals surface area (Å²) in [6, 6.07) is 1.11. The van der Waals surface area contributed by atoms with E-state index in [4.69, 9.17) is 4.42 Å². The summed E-state index contributed by atoms with van der Waals surface area (Å²) in [5, 5.41) is 11.5. The lowest BCUT2D eigenvalue weighted by molar-refractivity contribution is 0.303. The van der Waals surface area contributed by atoms with Gasteiger partial charge in [-0.25, -0.2) is 0 Å². The number of hydrogen-bond acceptors (Lipinski definition) is 5. The van der Waals surface area contributed by atoms with Crippen LogP contribution >= 0.6 is 0 Å². The second-order valence-electron chi connectivity index (χ2n) is 6.08. The van der Waals surface area contributed by atoms with E-state index >= 15 is 0 Å². The summed E-state index contributed by atoms with van der Waals surface area (Å²) in [4.78, 5) is 2.21. The average molecular weight is 266 g/mol. The van der Waals surface area contributed by atoms with Crippen molar-refractivity contribution in [1.29, 1.82) is 0 Å². The molecule has 0 saturated carbocycles. The highest BCUT2D eigenvalue weighted by molar-refractivity contribution is 5.24. The zero-order valence-electron chi connectivity index (χ0n) is 12.5. The van der Waals surface area contributed by atoms with Crippen molar-refractivity contribution < 1.29 is 4.42 Å². The van der Waals surface area contributed by atoms with Crippen LogP contribution in [0, 0.1) is 11.8 Å². The number of aromatic nitrogens is 2. The van der Waals surface area contributed by atoms with Crippen molar-refractivity contribution in [3.05, 3.63) is 5.89 Å². The summed E-state index contributed by atoms with van der Waals surface area (Å²) >= 11 is 0. The first kappa shape index (κ1) is 14.3. The molecule has 0 aromatic carbocycles. The SMILES string of the molecule is CC(C)NCc1nnc(N2CCC(C(C)C)CC2)o1. The molecule has 0 atom stereocenters. The Labute approximate surface area is 115 Å². The fourth-order valence-electron chi connectivity index (χ4n) is 2.49. The van der Waals surface area contributed by atoms with Crippen LogP contribution in [0.15, 0.2) is 4.42 Å². The van der Waals surface area contributed by atoms with Crippen molar-refractivity contribution >= 4 is 6.01 Å². The quantitative estimate of drug-likeness (QED) is 0.887. The first-order valence-corrected chi connectivity index (χ1v) is 7.37. The van der Waals surface area contributed by atoms with E-state index in [1.165, 1.54) is 12.8 Å². The predicted octanol–water partition coefficient (Wildman–Crippen LogP) is 2.44. The van der Waals surface area contributed by atoms with Gasteiger partial charge in [-0.2, -0.15) is 0 Å². The molecule has 1 fully saturated rings. The monoisotopic (exact) mass is 266 g/mol. The lowest BCUT2D eigenvalue weighted by Gasteiger charge is -2.32. The number of nitrogens with zero attached hydrogens (tertiary/aromatic N) is 3. The maximum Gasteiger partial charge on any atom is 0.318 e. The van der Waals surface area contributed by atoms with Gasteiger partial charge < -0.3 is 14.6 Å². The smallest absolute Gasteiger partial charge is 0.318 e. The van der Waals surface area contributed by atoms with Crippen LogP contribution in [0.4, 0.5) is 6.01 Å². The second kappa shape index (κ2) is 6.37. The molecule has 2 rings (SSSR count). The molecule has 1 aromatic heterocycles. The molecule has 0 unspecified atom stereocenters. The van der Waals surface area contributed by atoms with Gasteiger partial charge in [0.05, 0.1) is 6.54 Å². The van der Waals surface area contributed by atoms with E-state index in [1.807, 2.05) is 0 Å². The fourth-order valence-corrected chi connectivity index (χ4v) is 2.49. The standard InChI is InChI=1S/C14H26N4O/c1-10(2)12-5-7-18(8-6-12)14-17-16-13(19-14)9-15-11(3)4/h10-12,15H,5-9H2,1-4H3. The number of piperidine rings is 1. The Hall–Kier alpha value is -1.10. The van der Waals surface area contributed by atoms with Crippen LogP contribution in [-0.4, -0.2) is 29.3 Å². The molecule has 0 spiro atoms. The molecule has 1 N–H and O–H groups in total. The minimum atomic E-state index is 0.428. The van der Waals surface area contributed by atoms with Gasteiger partial charge in [-0.1, -0.05) is 32.8 Å². The van der Waals surface area contributed by atoms with Crippen LogP contribution in [-0.2, 0) is 6.54 Å². The lowest BCUT2D eigenvalue weighted by atomic mass is 9.87. The molecule has 19 heavy (non-hydrogen) atoms. The normalized spacial score (nSPS) is 17.7. The van der Waals surface area contributed by atoms with E-state index in [0.29, 0.717) is 24.5 Å². The van der Waals surface area contributed by atoms with Crippen LogP contribution < -0.4 is 10.2 Å². The average Bonchev–Trinajstić information content (AvgIpc) is 2.85. The largest absolute Gasteiger partial charge is 0.407 e. The predicted molar refractivity (Wildman–Crippen MR) is 76.0 cm³/mol. The van der Waals surface area contributed by atoms with E-state index in [2.05, 4.69) is 48.1 Å². The molecule has 1 aliphatic rings. The summed E-state index contributed by atoms with van der Waals surface area (Å²) in [6.45, 7) is 11.5. The van der Waals surface area contributed by atoms with Gasteiger partial charge in [-0.3, -0.25) is 0 Å². The maximum absolute atomic E-state index is 5.71. The summed E-state index contributed by atoms with van der Waals surface area (Å²) in [7, 11) is 0. The minimum Gasteiger partial charge on any atom is -0.407 e. The van der Waals surface area contributed by atoms with Crippen molar-refractivity contribution in [3.8, 4) is 0 Å². The van der Waals surface area contributed by atoms with Crippen LogP contribution in [0.5, 0.6) is 0 Å². The molecule has 0 radical (unpaired) electrons. The Bertz CT molecular complexity index is 381. The zero-order valence-corrected chi connectivity index (χ0v) is 12.5. The van der Waals surface area contributed by atoms with Gasteiger partial charge in [0.15, 0.2) is 0 Å². The van der Waals surface area contributed by atoms with Gasteiger partial charge in [-0.05, 0) is 24.7 Å². The Morgan fingerprint density at radius 1 is 1.21 bits per heavy atom. The molecule has 1 saturated heterocycles. The first-order chi connectivity index (χ1) is 9.06. The van der Waals surface area contributed by atoms with Crippen molar-refractivity contribution in [2.24, 2.45) is 11.8 Å². The fraction of sp³-hybridized carbons (Fsp3) is 0.857. The van der Waals surface area contributed by atoms with Crippen LogP contribution in [0.2, 0.25) is 0 Å². The number of anilines is 1. The molecule has 5 nitrogen and oxygen atoms in total. The van der Waals surface area contributed by atoms with Crippen LogP contribution in [0.3, 0.4) is 0 Å². The molecular formula is C14H26N4O. The van der Waals surface area contributed by atoms with Crippen molar-refractivity contribution in [1.82, 2.24) is 15.5 Å². The Morgan fingerprint density at radius 3 is 2.47 bits per heavy atom. The third-order valence-electron chi connectivity index (χ3n) is 3.87. The van der Waals surface area contributed by atoms with E-state index in [9.17, 15) is 0 Å². The second-order valence-corrected chi connectivity index (χ2v) is 6.08. The molecule has 2 heterocycles. The van der Waals surface area contributed by atoms with Crippen LogP contribution in [0.1, 0.15) is 46.4 Å². The van der Waals surface area contributed by atoms with Gasteiger partial charge in [0, 0.05) is 19.1 Å². The number of hydrogen-bond donors (Lipinski definition) is 1. The molecular weight excluding hydrogens is 240 g/mol. The molecule has 0 aliphatic carbocycles. The molecule has 1 aromatic rings. The lowest BCUT2D eigenvalue weighted by Crippen LogP contribution is -2.35. The van der Waals surface area contributed by atoms with Crippen LogP contribution in [0.25, 0.3) is 0 Å². The summed E-state index contributed by atoms with van der Waals surface area (Å²) in [5.41, 5.74) is 0. The molecule has 5 heteroatoms. The van der Waals surface area contributed by atoms with Crippen molar-refractivity contribution in [2.45, 2.75) is 53.1 Å². The molecule has 0 bridgehead atoms. The third kappa shape index (κ3) is 3.93. The van der Waals surface area contributed by atoms with Crippen molar-refractivity contribution in [3.63, 3.8) is 0 Å². The Kier molecular flexibility index (Phi) is 4.80. The molecule has 0 amide bonds. The topological polar surface area (TPSA) is 54.2 Å². The maximum atomic E-state index is 5.71. The van der Waals surface area contributed by atoms with Gasteiger partial charge in [-0.15, -0.1) is 5.10 Å². The Morgan fingerprint density at radius 2 is 1.89 bits per heavy atom. The highest BCUT2D eigenvalue weighted by Gasteiger charge is 2.24. The van der Waals surface area contributed by atoms with Crippen molar-refractivity contribution in [2.75, 3.05) is 18.0 Å². The number of nitrogens with one attached hydrogen (secondary N) is 1. The number of rotatable bonds is 5. The van der Waals surface area contributed by atoms with E-state index in [1.54, 1.807) is 0 Å². The van der Waals surface area contributed by atoms with E-state index < -0.39 is 0 Å². The van der Waals surface area contributed by atoms with Gasteiger partial charge in [0.2, 0.25) is 5.89 Å². The van der Waals surface area contributed by atoms with Gasteiger partial charge in [0.25, 0.3) is 0 Å². The summed E-state index contributed by atoms with van der Waals surface area (Å²) in [6.07, 6.45) is 2.44. The summed E-state index contributed by atoms with van der Waals surface area (Å²) in [5.74, 6) is 2.28. The highest BCUT2D eigenvalue weighted by atomic mass is 16.4. The molecule has 108 valence electrons. The Balaban J connectivity index is 1.86. The van der Waals surface area contributed by atoms with Gasteiger partial charge in [0.1, 0.15) is 0 Å². The highest BCUT2D eigenvalue weighted by Crippen LogP contribution is 2.27. The third-order valence-corrected chi connectivity index (χ3v) is 3.87.